The maximum Gasteiger partial charge on any atom is 0.202 e. The quantitative estimate of drug-likeness (QED) is 0.186. The van der Waals surface area contributed by atoms with Crippen molar-refractivity contribution in [3.63, 3.8) is 0 Å². The molecule has 0 N–H and O–H groups in total. The average Bonchev–Trinajstić information content (AvgIpc) is 2.78. The number of benzene rings is 2. The third kappa shape index (κ3) is 6.31. The van der Waals surface area contributed by atoms with Crippen LogP contribution in [0.4, 0.5) is 0 Å². The van der Waals surface area contributed by atoms with E-state index in [1.165, 1.54) is 6.21 Å². The van der Waals surface area contributed by atoms with Crippen molar-refractivity contribution in [1.82, 2.24) is 19.9 Å². The molecule has 8 heteroatoms. The van der Waals surface area contributed by atoms with Gasteiger partial charge in [0.2, 0.25) is 6.21 Å². The standard InChI is InChI=1S/2C13H15N3O/c1-13(2,3)16(17)9-10-5-4-6-11-12(10)15-8-7-14-11;1-13(2,3)16(17)9-10-8-14-11-6-4-5-7-12(11)15-10/h2*4-9H,1-3H3/b2*16-9+. The molecule has 4 rings (SSSR count). The molecule has 0 aliphatic rings. The lowest BCUT2D eigenvalue weighted by Gasteiger charge is -2.18. The summed E-state index contributed by atoms with van der Waals surface area (Å²) < 4.78 is 1.84. The molecule has 176 valence electrons. The molecule has 2 aromatic carbocycles. The highest BCUT2D eigenvalue weighted by atomic mass is 16.5. The molecule has 8 nitrogen and oxygen atoms in total. The minimum absolute atomic E-state index is 0.454. The van der Waals surface area contributed by atoms with E-state index in [4.69, 9.17) is 0 Å². The molecule has 0 aliphatic carbocycles. The zero-order valence-corrected chi connectivity index (χ0v) is 20.4. The number of aromatic nitrogens is 4. The van der Waals surface area contributed by atoms with Crippen molar-refractivity contribution in [3.8, 4) is 0 Å². The summed E-state index contributed by atoms with van der Waals surface area (Å²) in [4.78, 5) is 17.1. The van der Waals surface area contributed by atoms with E-state index in [0.29, 0.717) is 5.69 Å². The Morgan fingerprint density at radius 2 is 1.26 bits per heavy atom. The first-order valence-corrected chi connectivity index (χ1v) is 11.0. The summed E-state index contributed by atoms with van der Waals surface area (Å²) in [6.45, 7) is 11.2. The summed E-state index contributed by atoms with van der Waals surface area (Å²) in [5.41, 5.74) is 3.62. The minimum Gasteiger partial charge on any atom is -0.623 e. The maximum absolute atomic E-state index is 11.9. The van der Waals surface area contributed by atoms with Gasteiger partial charge in [-0.05, 0) is 24.3 Å². The van der Waals surface area contributed by atoms with E-state index in [1.807, 2.05) is 84.0 Å². The van der Waals surface area contributed by atoms with Gasteiger partial charge >= 0.3 is 0 Å². The van der Waals surface area contributed by atoms with Gasteiger partial charge in [-0.2, -0.15) is 0 Å². The molecule has 4 aromatic rings. The molecular formula is C26H30N6O2. The van der Waals surface area contributed by atoms with Gasteiger partial charge in [-0.3, -0.25) is 15.0 Å². The molecule has 2 aromatic heterocycles. The third-order valence-electron chi connectivity index (χ3n) is 4.83. The van der Waals surface area contributed by atoms with Crippen molar-refractivity contribution in [1.29, 1.82) is 0 Å². The lowest BCUT2D eigenvalue weighted by atomic mass is 10.1. The molecule has 0 fully saturated rings. The molecule has 0 atom stereocenters. The first-order valence-electron chi connectivity index (χ1n) is 11.0. The van der Waals surface area contributed by atoms with Gasteiger partial charge in [0.1, 0.15) is 11.2 Å². The van der Waals surface area contributed by atoms with Gasteiger partial charge in [-0.1, -0.05) is 18.2 Å². The Balaban J connectivity index is 0.000000191. The molecule has 0 aliphatic heterocycles. The van der Waals surface area contributed by atoms with Gasteiger partial charge in [-0.15, -0.1) is 0 Å². The Morgan fingerprint density at radius 1 is 0.676 bits per heavy atom. The highest BCUT2D eigenvalue weighted by molar-refractivity contribution is 5.94. The number of para-hydroxylation sites is 3. The van der Waals surface area contributed by atoms with Crippen LogP contribution >= 0.6 is 0 Å². The second-order valence-electron chi connectivity index (χ2n) is 9.81. The maximum atomic E-state index is 11.9. The van der Waals surface area contributed by atoms with E-state index >= 15 is 0 Å². The van der Waals surface area contributed by atoms with Crippen LogP contribution in [0.15, 0.2) is 61.1 Å². The van der Waals surface area contributed by atoms with E-state index in [-0.39, 0.29) is 0 Å². The van der Waals surface area contributed by atoms with E-state index in [1.54, 1.807) is 24.8 Å². The number of hydroxylamine groups is 2. The molecule has 0 radical (unpaired) electrons. The van der Waals surface area contributed by atoms with Crippen molar-refractivity contribution in [2.75, 3.05) is 0 Å². The molecule has 34 heavy (non-hydrogen) atoms. The van der Waals surface area contributed by atoms with Crippen LogP contribution in [0, 0.1) is 10.4 Å². The normalized spacial score (nSPS) is 13.0. The third-order valence-corrected chi connectivity index (χ3v) is 4.83. The Bertz CT molecular complexity index is 1340. The number of fused-ring (bicyclic) bond motifs is 2. The molecule has 0 spiro atoms. The number of nitrogens with zero attached hydrogens (tertiary/aromatic N) is 6. The highest BCUT2D eigenvalue weighted by Gasteiger charge is 2.19. The van der Waals surface area contributed by atoms with Gasteiger partial charge < -0.3 is 10.4 Å². The average molecular weight is 459 g/mol. The zero-order chi connectivity index (χ0) is 24.9. The van der Waals surface area contributed by atoms with Crippen LogP contribution in [-0.4, -0.2) is 52.9 Å². The first-order chi connectivity index (χ1) is 15.9. The van der Waals surface area contributed by atoms with E-state index in [9.17, 15) is 10.4 Å². The van der Waals surface area contributed by atoms with Crippen LogP contribution in [0.3, 0.4) is 0 Å². The summed E-state index contributed by atoms with van der Waals surface area (Å²) in [5, 5.41) is 23.7. The monoisotopic (exact) mass is 458 g/mol. The van der Waals surface area contributed by atoms with Gasteiger partial charge in [-0.25, -0.2) is 14.5 Å². The Morgan fingerprint density at radius 3 is 1.94 bits per heavy atom. The second-order valence-corrected chi connectivity index (χ2v) is 9.81. The summed E-state index contributed by atoms with van der Waals surface area (Å²) in [6.07, 6.45) is 7.92. The van der Waals surface area contributed by atoms with Crippen molar-refractivity contribution in [2.24, 2.45) is 0 Å². The van der Waals surface area contributed by atoms with E-state index in [2.05, 4.69) is 19.9 Å². The Kier molecular flexibility index (Phi) is 7.20. The van der Waals surface area contributed by atoms with Crippen LogP contribution in [0.2, 0.25) is 0 Å². The van der Waals surface area contributed by atoms with Crippen molar-refractivity contribution >= 4 is 34.5 Å². The van der Waals surface area contributed by atoms with Gasteiger partial charge in [0.15, 0.2) is 17.3 Å². The lowest BCUT2D eigenvalue weighted by molar-refractivity contribution is -0.530. The van der Waals surface area contributed by atoms with Crippen LogP contribution in [0.1, 0.15) is 52.8 Å². The number of hydrogen-bond donors (Lipinski definition) is 0. The smallest absolute Gasteiger partial charge is 0.202 e. The number of rotatable bonds is 2. The summed E-state index contributed by atoms with van der Waals surface area (Å²) in [7, 11) is 0. The summed E-state index contributed by atoms with van der Waals surface area (Å²) >= 11 is 0. The highest BCUT2D eigenvalue weighted by Crippen LogP contribution is 2.13. The van der Waals surface area contributed by atoms with Gasteiger partial charge in [0.25, 0.3) is 0 Å². The molecule has 0 amide bonds. The largest absolute Gasteiger partial charge is 0.623 e. The topological polar surface area (TPSA) is 104 Å². The molecule has 0 bridgehead atoms. The van der Waals surface area contributed by atoms with Crippen molar-refractivity contribution in [3.05, 3.63) is 82.7 Å². The number of hydrogen-bond acceptors (Lipinski definition) is 6. The fourth-order valence-corrected chi connectivity index (χ4v) is 2.79. The van der Waals surface area contributed by atoms with Crippen LogP contribution in [-0.2, 0) is 0 Å². The predicted molar refractivity (Wildman–Crippen MR) is 136 cm³/mol. The van der Waals surface area contributed by atoms with Gasteiger partial charge in [0, 0.05) is 53.9 Å². The Hall–Kier alpha value is -3.94. The van der Waals surface area contributed by atoms with Crippen LogP contribution < -0.4 is 0 Å². The molecule has 0 unspecified atom stereocenters. The first kappa shape index (κ1) is 24.7. The second kappa shape index (κ2) is 9.91. The fraction of sp³-hybridized carbons (Fsp3) is 0.308. The lowest BCUT2D eigenvalue weighted by Crippen LogP contribution is -2.29. The summed E-state index contributed by atoms with van der Waals surface area (Å²) in [5.74, 6) is 0. The molecule has 2 heterocycles. The molecule has 0 saturated carbocycles. The molecule has 0 saturated heterocycles. The molecular weight excluding hydrogens is 428 g/mol. The zero-order valence-electron chi connectivity index (χ0n) is 20.4. The van der Waals surface area contributed by atoms with E-state index in [0.717, 1.165) is 37.1 Å². The van der Waals surface area contributed by atoms with Gasteiger partial charge in [0.05, 0.1) is 28.3 Å². The van der Waals surface area contributed by atoms with Crippen LogP contribution in [0.5, 0.6) is 0 Å². The fourth-order valence-electron chi connectivity index (χ4n) is 2.79. The van der Waals surface area contributed by atoms with E-state index < -0.39 is 11.1 Å². The minimum atomic E-state index is -0.465. The van der Waals surface area contributed by atoms with Crippen LogP contribution in [0.25, 0.3) is 22.1 Å². The van der Waals surface area contributed by atoms with Crippen molar-refractivity contribution < 1.29 is 9.48 Å². The predicted octanol–water partition coefficient (Wildman–Crippen LogP) is 4.72. The summed E-state index contributed by atoms with van der Waals surface area (Å²) in [6, 6.07) is 13.2. The SMILES string of the molecule is CC(C)(C)/[N+]([O-])=C\c1cccc2nccnc12.CC(C)(C)/[N+]([O-])=C\c1cnc2ccccc2n1. The Labute approximate surface area is 199 Å². The van der Waals surface area contributed by atoms with Crippen molar-refractivity contribution in [2.45, 2.75) is 52.6 Å².